The molecule has 0 unspecified atom stereocenters. The molecule has 2 bridgehead atoms. The van der Waals surface area contributed by atoms with Gasteiger partial charge in [0.1, 0.15) is 6.54 Å². The van der Waals surface area contributed by atoms with E-state index in [1.54, 1.807) is 23.3 Å². The first-order chi connectivity index (χ1) is 14.2. The van der Waals surface area contributed by atoms with E-state index in [2.05, 4.69) is 20.4 Å². The third kappa shape index (κ3) is 4.24. The molecule has 2 aliphatic rings. The van der Waals surface area contributed by atoms with Crippen molar-refractivity contribution in [2.24, 2.45) is 7.05 Å². The third-order valence-corrected chi connectivity index (χ3v) is 5.31. The van der Waals surface area contributed by atoms with E-state index in [0.29, 0.717) is 12.4 Å². The molecule has 1 saturated heterocycles. The van der Waals surface area contributed by atoms with Crippen LogP contribution in [0.4, 0.5) is 29.6 Å². The molecule has 30 heavy (non-hydrogen) atoms. The molecule has 2 N–H and O–H groups in total. The number of anilines is 2. The Morgan fingerprint density at radius 3 is 2.77 bits per heavy atom. The molecule has 0 aliphatic carbocycles. The van der Waals surface area contributed by atoms with Crippen molar-refractivity contribution in [1.82, 2.24) is 30.0 Å². The molecule has 4 rings (SSSR count). The maximum Gasteiger partial charge on any atom is 0.405 e. The fourth-order valence-electron chi connectivity index (χ4n) is 4.03. The van der Waals surface area contributed by atoms with Crippen molar-refractivity contribution in [2.45, 2.75) is 44.4 Å². The second-order valence-electron chi connectivity index (χ2n) is 7.63. The lowest BCUT2D eigenvalue weighted by atomic mass is 9.96. The summed E-state index contributed by atoms with van der Waals surface area (Å²) in [4.78, 5) is 22.8. The number of aryl methyl sites for hydroxylation is 2. The highest BCUT2D eigenvalue weighted by atomic mass is 19.4. The largest absolute Gasteiger partial charge is 0.405 e. The number of urea groups is 1. The van der Waals surface area contributed by atoms with E-state index < -0.39 is 18.8 Å². The van der Waals surface area contributed by atoms with Gasteiger partial charge in [-0.3, -0.25) is 4.68 Å². The smallest absolute Gasteiger partial charge is 0.329 e. The number of amides is 2. The zero-order chi connectivity index (χ0) is 21.5. The van der Waals surface area contributed by atoms with Crippen LogP contribution in [0.1, 0.15) is 30.5 Å². The number of halogens is 3. The summed E-state index contributed by atoms with van der Waals surface area (Å²) in [5.74, 6) is 0.433. The van der Waals surface area contributed by atoms with E-state index in [0.717, 1.165) is 35.4 Å². The van der Waals surface area contributed by atoms with Crippen LogP contribution in [-0.4, -0.2) is 55.5 Å². The lowest BCUT2D eigenvalue weighted by Gasteiger charge is -2.34. The normalized spacial score (nSPS) is 20.8. The van der Waals surface area contributed by atoms with Gasteiger partial charge in [-0.15, -0.1) is 0 Å². The average molecular weight is 421 g/mol. The SMILES string of the molecule is Cc1cnc(Nc2cnn(C)c2)nc1C1=C[C@H]2CC[C@@H](C1)N2C(=O)NCC(F)(F)F. The molecular weight excluding hydrogens is 399 g/mol. The van der Waals surface area contributed by atoms with E-state index in [1.165, 1.54) is 4.90 Å². The van der Waals surface area contributed by atoms with Crippen LogP contribution < -0.4 is 10.6 Å². The monoisotopic (exact) mass is 421 g/mol. The Morgan fingerprint density at radius 2 is 2.10 bits per heavy atom. The molecule has 2 aliphatic heterocycles. The standard InChI is InChI=1S/C19H22F3N7O/c1-11-7-23-17(26-13-8-25-28(2)9-13)27-16(11)12-5-14-3-4-15(6-12)29(14)18(30)24-10-19(20,21)22/h5,7-9,14-15H,3-4,6,10H2,1-2H3,(H,24,30)(H,23,26,27)/t14-,15+/m1/s1. The van der Waals surface area contributed by atoms with Gasteiger partial charge in [0.2, 0.25) is 5.95 Å². The number of hydrogen-bond donors (Lipinski definition) is 2. The molecule has 0 aromatic carbocycles. The topological polar surface area (TPSA) is 88.0 Å². The van der Waals surface area contributed by atoms with Crippen LogP contribution in [0.5, 0.6) is 0 Å². The summed E-state index contributed by atoms with van der Waals surface area (Å²) >= 11 is 0. The Kier molecular flexibility index (Phi) is 5.12. The molecule has 11 heteroatoms. The number of carbonyl (C=O) groups is 1. The fraction of sp³-hybridized carbons (Fsp3) is 0.474. The molecule has 4 heterocycles. The maximum absolute atomic E-state index is 12.4. The van der Waals surface area contributed by atoms with E-state index >= 15 is 0 Å². The van der Waals surface area contributed by atoms with Gasteiger partial charge in [0, 0.05) is 25.5 Å². The second kappa shape index (κ2) is 7.62. The van der Waals surface area contributed by atoms with Crippen molar-refractivity contribution < 1.29 is 18.0 Å². The van der Waals surface area contributed by atoms with Crippen LogP contribution in [0.3, 0.4) is 0 Å². The van der Waals surface area contributed by atoms with Crippen LogP contribution >= 0.6 is 0 Å². The van der Waals surface area contributed by atoms with Gasteiger partial charge in [0.05, 0.1) is 23.6 Å². The summed E-state index contributed by atoms with van der Waals surface area (Å²) in [5, 5.41) is 9.20. The maximum atomic E-state index is 12.4. The van der Waals surface area contributed by atoms with Gasteiger partial charge in [-0.2, -0.15) is 18.3 Å². The van der Waals surface area contributed by atoms with Gasteiger partial charge in [-0.05, 0) is 37.3 Å². The highest BCUT2D eigenvalue weighted by Crippen LogP contribution is 2.39. The van der Waals surface area contributed by atoms with Crippen LogP contribution in [0.25, 0.3) is 5.57 Å². The van der Waals surface area contributed by atoms with Gasteiger partial charge < -0.3 is 15.5 Å². The number of alkyl halides is 3. The number of rotatable bonds is 4. The minimum atomic E-state index is -4.43. The van der Waals surface area contributed by atoms with Crippen molar-refractivity contribution in [1.29, 1.82) is 0 Å². The van der Waals surface area contributed by atoms with Crippen molar-refractivity contribution in [2.75, 3.05) is 11.9 Å². The van der Waals surface area contributed by atoms with Crippen molar-refractivity contribution in [3.05, 3.63) is 35.9 Å². The van der Waals surface area contributed by atoms with Crippen LogP contribution in [0.15, 0.2) is 24.7 Å². The number of carbonyl (C=O) groups excluding carboxylic acids is 1. The van der Waals surface area contributed by atoms with E-state index in [1.807, 2.05) is 25.4 Å². The molecule has 2 aromatic rings. The molecule has 0 spiro atoms. The van der Waals surface area contributed by atoms with E-state index in [-0.39, 0.29) is 12.1 Å². The number of nitrogens with zero attached hydrogens (tertiary/aromatic N) is 5. The van der Waals surface area contributed by atoms with Gasteiger partial charge in [-0.25, -0.2) is 14.8 Å². The number of aromatic nitrogens is 4. The molecule has 2 aromatic heterocycles. The highest BCUT2D eigenvalue weighted by molar-refractivity contribution is 5.79. The Hall–Kier alpha value is -3.11. The lowest BCUT2D eigenvalue weighted by Crippen LogP contribution is -2.50. The van der Waals surface area contributed by atoms with Crippen molar-refractivity contribution >= 4 is 23.2 Å². The predicted octanol–water partition coefficient (Wildman–Crippen LogP) is 3.15. The molecule has 160 valence electrons. The Labute approximate surface area is 171 Å². The predicted molar refractivity (Wildman–Crippen MR) is 104 cm³/mol. The quantitative estimate of drug-likeness (QED) is 0.792. The van der Waals surface area contributed by atoms with Crippen LogP contribution in [0, 0.1) is 6.92 Å². The van der Waals surface area contributed by atoms with E-state index in [9.17, 15) is 18.0 Å². The van der Waals surface area contributed by atoms with Gasteiger partial charge >= 0.3 is 12.2 Å². The molecule has 8 nitrogen and oxygen atoms in total. The Balaban J connectivity index is 1.53. The van der Waals surface area contributed by atoms with Crippen LogP contribution in [0.2, 0.25) is 0 Å². The molecule has 2 atom stereocenters. The first-order valence-corrected chi connectivity index (χ1v) is 9.63. The number of fused-ring (bicyclic) bond motifs is 2. The zero-order valence-electron chi connectivity index (χ0n) is 16.6. The van der Waals surface area contributed by atoms with Gasteiger partial charge in [-0.1, -0.05) is 6.08 Å². The molecule has 1 fully saturated rings. The lowest BCUT2D eigenvalue weighted by molar-refractivity contribution is -0.123. The minimum absolute atomic E-state index is 0.146. The summed E-state index contributed by atoms with van der Waals surface area (Å²) in [7, 11) is 1.81. The first-order valence-electron chi connectivity index (χ1n) is 9.63. The molecule has 2 amide bonds. The Bertz CT molecular complexity index is 985. The molecule has 0 radical (unpaired) electrons. The third-order valence-electron chi connectivity index (χ3n) is 5.31. The highest BCUT2D eigenvalue weighted by Gasteiger charge is 2.41. The second-order valence-corrected chi connectivity index (χ2v) is 7.63. The summed E-state index contributed by atoms with van der Waals surface area (Å²) in [6.45, 7) is 0.584. The number of hydrogen-bond acceptors (Lipinski definition) is 5. The van der Waals surface area contributed by atoms with E-state index in [4.69, 9.17) is 0 Å². The number of nitrogens with one attached hydrogen (secondary N) is 2. The zero-order valence-corrected chi connectivity index (χ0v) is 16.6. The van der Waals surface area contributed by atoms with Crippen molar-refractivity contribution in [3.63, 3.8) is 0 Å². The Morgan fingerprint density at radius 1 is 1.30 bits per heavy atom. The molecule has 0 saturated carbocycles. The molecular formula is C19H22F3N7O. The summed E-state index contributed by atoms with van der Waals surface area (Å²) in [6, 6.07) is -1.06. The average Bonchev–Trinajstić information content (AvgIpc) is 3.20. The first kappa shape index (κ1) is 20.2. The fourth-order valence-corrected chi connectivity index (χ4v) is 4.03. The van der Waals surface area contributed by atoms with Gasteiger partial charge in [0.15, 0.2) is 0 Å². The summed E-state index contributed by atoms with van der Waals surface area (Å²) < 4.78 is 39.0. The van der Waals surface area contributed by atoms with Gasteiger partial charge in [0.25, 0.3) is 0 Å². The summed E-state index contributed by atoms with van der Waals surface area (Å²) in [5.41, 5.74) is 3.42. The summed E-state index contributed by atoms with van der Waals surface area (Å²) in [6.07, 6.45) is 4.72. The minimum Gasteiger partial charge on any atom is -0.329 e. The van der Waals surface area contributed by atoms with Crippen LogP contribution in [-0.2, 0) is 7.05 Å². The van der Waals surface area contributed by atoms with Crippen molar-refractivity contribution in [3.8, 4) is 0 Å².